The van der Waals surface area contributed by atoms with Gasteiger partial charge in [-0.3, -0.25) is 9.59 Å². The number of methoxy groups -OCH3 is 1. The molecule has 1 aromatic carbocycles. The highest BCUT2D eigenvalue weighted by Crippen LogP contribution is 2.68. The zero-order valence-corrected chi connectivity index (χ0v) is 23.3. The summed E-state index contributed by atoms with van der Waals surface area (Å²) in [6.45, 7) is 6.83. The lowest BCUT2D eigenvalue weighted by Crippen LogP contribution is -2.59. The van der Waals surface area contributed by atoms with Crippen molar-refractivity contribution in [3.8, 4) is 0 Å². The molecular weight excluding hydrogens is 483 g/mol. The van der Waals surface area contributed by atoms with Crippen LogP contribution in [-0.2, 0) is 19.1 Å². The number of ketones is 1. The molecule has 0 heterocycles. The van der Waals surface area contributed by atoms with Crippen molar-refractivity contribution in [2.45, 2.75) is 90.8 Å². The van der Waals surface area contributed by atoms with E-state index >= 15 is 4.39 Å². The van der Waals surface area contributed by atoms with Crippen molar-refractivity contribution in [3.63, 3.8) is 0 Å². The topological polar surface area (TPSA) is 69.7 Å². The van der Waals surface area contributed by atoms with E-state index in [1.165, 1.54) is 7.11 Å². The minimum Gasteiger partial charge on any atom is -0.469 e. The highest BCUT2D eigenvalue weighted by Gasteiger charge is 2.64. The molecule has 0 aliphatic heterocycles. The molecule has 0 N–H and O–H groups in total. The van der Waals surface area contributed by atoms with Crippen LogP contribution in [0.1, 0.15) is 88.9 Å². The van der Waals surface area contributed by atoms with Gasteiger partial charge in [-0.05, 0) is 97.5 Å². The third-order valence-electron chi connectivity index (χ3n) is 11.5. The van der Waals surface area contributed by atoms with Gasteiger partial charge in [0.1, 0.15) is 18.1 Å². The summed E-state index contributed by atoms with van der Waals surface area (Å²) in [5, 5.41) is 0. The molecule has 0 aromatic heterocycles. The van der Waals surface area contributed by atoms with Crippen LogP contribution in [0.5, 0.6) is 0 Å². The van der Waals surface area contributed by atoms with Gasteiger partial charge in [0.15, 0.2) is 0 Å². The molecule has 10 atom stereocenters. The molecule has 6 heteroatoms. The SMILES string of the molecule is COC(=O)CC[C@@H](C)[C@H]1CCC2C3C(=O)C[C@@H]4C[C@H](OC(=O)c5ccccc5)[C@H](F)C[C@]4(C)C3CC[C@@]21C. The Morgan fingerprint density at radius 2 is 1.79 bits per heavy atom. The van der Waals surface area contributed by atoms with Crippen molar-refractivity contribution in [1.29, 1.82) is 0 Å². The van der Waals surface area contributed by atoms with E-state index in [-0.39, 0.29) is 34.6 Å². The van der Waals surface area contributed by atoms with E-state index in [1.54, 1.807) is 24.3 Å². The molecule has 0 saturated heterocycles. The Balaban J connectivity index is 1.30. The highest BCUT2D eigenvalue weighted by molar-refractivity contribution is 5.89. The van der Waals surface area contributed by atoms with Crippen molar-refractivity contribution < 1.29 is 28.2 Å². The molecule has 4 fully saturated rings. The molecule has 0 radical (unpaired) electrons. The van der Waals surface area contributed by atoms with Gasteiger partial charge < -0.3 is 9.47 Å². The number of Topliss-reactive ketones (excluding diaryl/α,β-unsaturated/α-hetero) is 1. The summed E-state index contributed by atoms with van der Waals surface area (Å²) in [6.07, 6.45) is 4.56. The quantitative estimate of drug-likeness (QED) is 0.391. The molecule has 4 saturated carbocycles. The molecule has 3 unspecified atom stereocenters. The summed E-state index contributed by atoms with van der Waals surface area (Å²) in [6, 6.07) is 8.73. The van der Waals surface area contributed by atoms with Gasteiger partial charge in [-0.1, -0.05) is 39.0 Å². The first-order valence-corrected chi connectivity index (χ1v) is 14.6. The molecule has 0 bridgehead atoms. The fraction of sp³-hybridized carbons (Fsp3) is 0.719. The van der Waals surface area contributed by atoms with E-state index in [2.05, 4.69) is 20.8 Å². The van der Waals surface area contributed by atoms with Crippen LogP contribution in [0.4, 0.5) is 4.39 Å². The van der Waals surface area contributed by atoms with Crippen molar-refractivity contribution in [1.82, 2.24) is 0 Å². The normalized spacial score (nSPS) is 40.9. The number of halogens is 1. The lowest BCUT2D eigenvalue weighted by molar-refractivity contribution is -0.168. The third-order valence-corrected chi connectivity index (χ3v) is 11.5. The predicted octanol–water partition coefficient (Wildman–Crippen LogP) is 6.59. The number of fused-ring (bicyclic) bond motifs is 5. The summed E-state index contributed by atoms with van der Waals surface area (Å²) >= 11 is 0. The van der Waals surface area contributed by atoms with E-state index in [1.807, 2.05) is 6.07 Å². The van der Waals surface area contributed by atoms with E-state index in [0.717, 1.165) is 32.1 Å². The Morgan fingerprint density at radius 1 is 1.08 bits per heavy atom. The van der Waals surface area contributed by atoms with Gasteiger partial charge in [0.05, 0.1) is 12.7 Å². The van der Waals surface area contributed by atoms with E-state index in [0.29, 0.717) is 54.8 Å². The molecular formula is C32H43FO5. The zero-order chi connectivity index (χ0) is 27.2. The number of rotatable bonds is 6. The number of ether oxygens (including phenoxy) is 2. The first-order chi connectivity index (χ1) is 18.1. The second-order valence-electron chi connectivity index (χ2n) is 13.2. The number of alkyl halides is 1. The average molecular weight is 527 g/mol. The van der Waals surface area contributed by atoms with Crippen LogP contribution in [0.2, 0.25) is 0 Å². The summed E-state index contributed by atoms with van der Waals surface area (Å²) in [5.74, 6) is 1.10. The van der Waals surface area contributed by atoms with Crippen LogP contribution in [0, 0.1) is 46.3 Å². The molecule has 38 heavy (non-hydrogen) atoms. The fourth-order valence-electron chi connectivity index (χ4n) is 9.42. The largest absolute Gasteiger partial charge is 0.469 e. The van der Waals surface area contributed by atoms with Crippen molar-refractivity contribution in [2.75, 3.05) is 7.11 Å². The standard InChI is InChI=1S/C32H43FO5/c1-19(10-13-28(35)37-4)22-11-12-23-29-24(14-15-31(22,23)2)32(3)18-25(33)27(17-21(32)16-26(29)34)38-30(36)20-8-6-5-7-9-20/h5-9,19,21-25,27,29H,10-18H2,1-4H3/t19-,21-,22-,23?,24?,25-,27+,29?,31-,32+/m1/s1. The summed E-state index contributed by atoms with van der Waals surface area (Å²) in [7, 11) is 1.44. The van der Waals surface area contributed by atoms with E-state index in [9.17, 15) is 14.4 Å². The molecule has 5 nitrogen and oxygen atoms in total. The summed E-state index contributed by atoms with van der Waals surface area (Å²) < 4.78 is 26.2. The van der Waals surface area contributed by atoms with Crippen LogP contribution in [-0.4, -0.2) is 37.1 Å². The Kier molecular flexibility index (Phi) is 7.47. The number of hydrogen-bond donors (Lipinski definition) is 0. The smallest absolute Gasteiger partial charge is 0.338 e. The lowest BCUT2D eigenvalue weighted by atomic mass is 9.44. The van der Waals surface area contributed by atoms with Gasteiger partial charge in [-0.2, -0.15) is 0 Å². The molecule has 208 valence electrons. The maximum absolute atomic E-state index is 15.7. The van der Waals surface area contributed by atoms with Crippen LogP contribution < -0.4 is 0 Å². The minimum atomic E-state index is -1.22. The predicted molar refractivity (Wildman–Crippen MR) is 142 cm³/mol. The minimum absolute atomic E-state index is 0.0107. The Morgan fingerprint density at radius 3 is 2.50 bits per heavy atom. The Labute approximate surface area is 226 Å². The van der Waals surface area contributed by atoms with Gasteiger partial charge >= 0.3 is 11.9 Å². The number of hydrogen-bond acceptors (Lipinski definition) is 5. The maximum Gasteiger partial charge on any atom is 0.338 e. The van der Waals surface area contributed by atoms with Gasteiger partial charge in [0, 0.05) is 18.8 Å². The monoisotopic (exact) mass is 526 g/mol. The number of esters is 2. The van der Waals surface area contributed by atoms with E-state index < -0.39 is 18.2 Å². The fourth-order valence-corrected chi connectivity index (χ4v) is 9.42. The number of carbonyl (C=O) groups is 3. The maximum atomic E-state index is 15.7. The van der Waals surface area contributed by atoms with Crippen molar-refractivity contribution in [3.05, 3.63) is 35.9 Å². The summed E-state index contributed by atoms with van der Waals surface area (Å²) in [4.78, 5) is 38.2. The highest BCUT2D eigenvalue weighted by atomic mass is 19.1. The van der Waals surface area contributed by atoms with Gasteiger partial charge in [0.2, 0.25) is 0 Å². The average Bonchev–Trinajstić information content (AvgIpc) is 3.26. The van der Waals surface area contributed by atoms with Gasteiger partial charge in [0.25, 0.3) is 0 Å². The Bertz CT molecular complexity index is 1060. The summed E-state index contributed by atoms with van der Waals surface area (Å²) in [5.41, 5.74) is 0.243. The van der Waals surface area contributed by atoms with Gasteiger partial charge in [-0.25, -0.2) is 9.18 Å². The number of benzene rings is 1. The second kappa shape index (κ2) is 10.4. The first-order valence-electron chi connectivity index (χ1n) is 14.6. The Hall–Kier alpha value is -2.24. The molecule has 0 amide bonds. The molecule has 1 aromatic rings. The molecule has 0 spiro atoms. The van der Waals surface area contributed by atoms with Crippen molar-refractivity contribution in [2.24, 2.45) is 46.3 Å². The van der Waals surface area contributed by atoms with Gasteiger partial charge in [-0.15, -0.1) is 0 Å². The van der Waals surface area contributed by atoms with Crippen LogP contribution >= 0.6 is 0 Å². The van der Waals surface area contributed by atoms with Crippen LogP contribution in [0.15, 0.2) is 30.3 Å². The second-order valence-corrected chi connectivity index (χ2v) is 13.2. The van der Waals surface area contributed by atoms with Crippen LogP contribution in [0.25, 0.3) is 0 Å². The first kappa shape index (κ1) is 27.3. The molecule has 4 aliphatic rings. The number of carbonyl (C=O) groups excluding carboxylic acids is 3. The molecule has 5 rings (SSSR count). The van der Waals surface area contributed by atoms with Crippen molar-refractivity contribution >= 4 is 17.7 Å². The van der Waals surface area contributed by atoms with Crippen LogP contribution in [0.3, 0.4) is 0 Å². The molecule has 4 aliphatic carbocycles. The zero-order valence-electron chi connectivity index (χ0n) is 23.3. The van der Waals surface area contributed by atoms with E-state index in [4.69, 9.17) is 9.47 Å². The third kappa shape index (κ3) is 4.60. The lowest BCUT2D eigenvalue weighted by Gasteiger charge is -2.60.